The Morgan fingerprint density at radius 3 is 2.91 bits per heavy atom. The zero-order valence-electron chi connectivity index (χ0n) is 6.44. The number of aliphatic imine (C=N–C) groups is 1. The molecule has 60 valence electrons. The highest BCUT2D eigenvalue weighted by molar-refractivity contribution is 5.96. The quantitative estimate of drug-likeness (QED) is 0.227. The van der Waals surface area contributed by atoms with Crippen LogP contribution in [0.15, 0.2) is 11.2 Å². The molecule has 0 aromatic carbocycles. The van der Waals surface area contributed by atoms with Crippen molar-refractivity contribution in [2.75, 3.05) is 7.05 Å². The van der Waals surface area contributed by atoms with Crippen LogP contribution in [-0.2, 0) is 7.05 Å². The van der Waals surface area contributed by atoms with Gasteiger partial charge in [0.1, 0.15) is 5.69 Å². The Hall–Kier alpha value is -1.43. The molecule has 11 heavy (non-hydrogen) atoms. The standard InChI is InChI=1S/C5H10N6/c1-7-5(9-6)4-3-8-11(2)10-4/h3H,6H2,1-2H3,(H,7,9). The molecule has 6 heteroatoms. The first-order chi connectivity index (χ1) is 5.27. The lowest BCUT2D eigenvalue weighted by Crippen LogP contribution is -2.31. The monoisotopic (exact) mass is 154 g/mol. The fourth-order valence-electron chi connectivity index (χ4n) is 0.707. The smallest absolute Gasteiger partial charge is 0.164 e. The molecule has 0 saturated carbocycles. The molecule has 3 N–H and O–H groups in total. The second-order valence-electron chi connectivity index (χ2n) is 1.94. The van der Waals surface area contributed by atoms with Gasteiger partial charge in [-0.15, -0.1) is 0 Å². The average molecular weight is 154 g/mol. The Kier molecular flexibility index (Phi) is 2.17. The van der Waals surface area contributed by atoms with Crippen LogP contribution in [0.25, 0.3) is 0 Å². The molecule has 0 aliphatic heterocycles. The second kappa shape index (κ2) is 3.11. The topological polar surface area (TPSA) is 81.1 Å². The van der Waals surface area contributed by atoms with E-state index in [9.17, 15) is 0 Å². The zero-order chi connectivity index (χ0) is 8.27. The van der Waals surface area contributed by atoms with Crippen LogP contribution in [0.4, 0.5) is 0 Å². The van der Waals surface area contributed by atoms with E-state index in [4.69, 9.17) is 5.84 Å². The van der Waals surface area contributed by atoms with Crippen molar-refractivity contribution in [2.45, 2.75) is 0 Å². The first-order valence-electron chi connectivity index (χ1n) is 3.08. The van der Waals surface area contributed by atoms with E-state index in [1.807, 2.05) is 0 Å². The van der Waals surface area contributed by atoms with E-state index in [0.29, 0.717) is 11.5 Å². The molecular weight excluding hydrogens is 144 g/mol. The van der Waals surface area contributed by atoms with Crippen molar-refractivity contribution in [1.82, 2.24) is 20.4 Å². The van der Waals surface area contributed by atoms with Crippen molar-refractivity contribution in [3.05, 3.63) is 11.9 Å². The molecule has 0 radical (unpaired) electrons. The fourth-order valence-corrected chi connectivity index (χ4v) is 0.707. The Morgan fingerprint density at radius 1 is 1.82 bits per heavy atom. The van der Waals surface area contributed by atoms with Gasteiger partial charge in [0.15, 0.2) is 5.84 Å². The van der Waals surface area contributed by atoms with Gasteiger partial charge < -0.3 is 5.43 Å². The molecular formula is C5H10N6. The maximum Gasteiger partial charge on any atom is 0.164 e. The van der Waals surface area contributed by atoms with Crippen LogP contribution in [0.1, 0.15) is 5.69 Å². The van der Waals surface area contributed by atoms with Gasteiger partial charge in [-0.1, -0.05) is 0 Å². The molecule has 0 fully saturated rings. The Morgan fingerprint density at radius 2 is 2.55 bits per heavy atom. The SMILES string of the molecule is CN=C(NN)c1cnn(C)n1. The number of hydrogen-bond donors (Lipinski definition) is 2. The van der Waals surface area contributed by atoms with Crippen LogP contribution < -0.4 is 11.3 Å². The van der Waals surface area contributed by atoms with Crippen molar-refractivity contribution in [3.8, 4) is 0 Å². The fraction of sp³-hybridized carbons (Fsp3) is 0.400. The lowest BCUT2D eigenvalue weighted by atomic mass is 10.4. The predicted octanol–water partition coefficient (Wildman–Crippen LogP) is -1.35. The third-order valence-corrected chi connectivity index (χ3v) is 1.20. The number of hydrazine groups is 1. The highest BCUT2D eigenvalue weighted by Gasteiger charge is 2.03. The van der Waals surface area contributed by atoms with Crippen molar-refractivity contribution in [1.29, 1.82) is 0 Å². The van der Waals surface area contributed by atoms with Gasteiger partial charge in [0.2, 0.25) is 0 Å². The molecule has 0 aliphatic rings. The van der Waals surface area contributed by atoms with Crippen molar-refractivity contribution in [2.24, 2.45) is 17.9 Å². The highest BCUT2D eigenvalue weighted by atomic mass is 15.5. The van der Waals surface area contributed by atoms with Gasteiger partial charge in [-0.25, -0.2) is 5.84 Å². The van der Waals surface area contributed by atoms with Gasteiger partial charge >= 0.3 is 0 Å². The summed E-state index contributed by atoms with van der Waals surface area (Å²) in [5, 5.41) is 7.85. The van der Waals surface area contributed by atoms with Crippen LogP contribution in [0.5, 0.6) is 0 Å². The minimum Gasteiger partial charge on any atom is -0.307 e. The molecule has 1 rings (SSSR count). The second-order valence-corrected chi connectivity index (χ2v) is 1.94. The molecule has 0 bridgehead atoms. The number of amidine groups is 1. The minimum atomic E-state index is 0.526. The lowest BCUT2D eigenvalue weighted by Gasteiger charge is -1.97. The molecule has 1 aromatic rings. The maximum atomic E-state index is 5.17. The van der Waals surface area contributed by atoms with Crippen molar-refractivity contribution >= 4 is 5.84 Å². The van der Waals surface area contributed by atoms with Gasteiger partial charge in [0.05, 0.1) is 6.20 Å². The van der Waals surface area contributed by atoms with Crippen molar-refractivity contribution < 1.29 is 0 Å². The summed E-state index contributed by atoms with van der Waals surface area (Å²) in [6.45, 7) is 0. The highest BCUT2D eigenvalue weighted by Crippen LogP contribution is 1.89. The lowest BCUT2D eigenvalue weighted by molar-refractivity contribution is 0.652. The normalized spacial score (nSPS) is 11.7. The molecule has 1 heterocycles. The summed E-state index contributed by atoms with van der Waals surface area (Å²) >= 11 is 0. The number of aryl methyl sites for hydroxylation is 1. The van der Waals surface area contributed by atoms with Crippen LogP contribution in [-0.4, -0.2) is 27.9 Å². The maximum absolute atomic E-state index is 5.17. The summed E-state index contributed by atoms with van der Waals surface area (Å²) in [6.07, 6.45) is 1.59. The van der Waals surface area contributed by atoms with E-state index in [1.54, 1.807) is 20.3 Å². The molecule has 0 saturated heterocycles. The third kappa shape index (κ3) is 1.53. The largest absolute Gasteiger partial charge is 0.307 e. The third-order valence-electron chi connectivity index (χ3n) is 1.20. The number of nitrogens with zero attached hydrogens (tertiary/aromatic N) is 4. The van der Waals surface area contributed by atoms with E-state index in [-0.39, 0.29) is 0 Å². The van der Waals surface area contributed by atoms with Gasteiger partial charge in [0, 0.05) is 14.1 Å². The summed E-state index contributed by atoms with van der Waals surface area (Å²) < 4.78 is 0. The summed E-state index contributed by atoms with van der Waals surface area (Å²) in [4.78, 5) is 5.30. The van der Waals surface area contributed by atoms with E-state index < -0.39 is 0 Å². The van der Waals surface area contributed by atoms with Crippen molar-refractivity contribution in [3.63, 3.8) is 0 Å². The summed E-state index contributed by atoms with van der Waals surface area (Å²) in [5.74, 6) is 5.69. The Labute approximate surface area is 64.1 Å². The van der Waals surface area contributed by atoms with Crippen LogP contribution in [0.3, 0.4) is 0 Å². The minimum absolute atomic E-state index is 0.526. The molecule has 6 nitrogen and oxygen atoms in total. The Balaban J connectivity index is 2.91. The molecule has 0 aliphatic carbocycles. The first kappa shape index (κ1) is 7.67. The average Bonchev–Trinajstić information content (AvgIpc) is 2.39. The van der Waals surface area contributed by atoms with E-state index in [0.717, 1.165) is 0 Å². The molecule has 0 atom stereocenters. The molecule has 0 amide bonds. The van der Waals surface area contributed by atoms with E-state index in [1.165, 1.54) is 4.80 Å². The van der Waals surface area contributed by atoms with E-state index >= 15 is 0 Å². The van der Waals surface area contributed by atoms with Gasteiger partial charge in [-0.3, -0.25) is 4.99 Å². The molecule has 1 aromatic heterocycles. The van der Waals surface area contributed by atoms with Crippen LogP contribution in [0.2, 0.25) is 0 Å². The number of rotatable bonds is 1. The molecule has 0 spiro atoms. The zero-order valence-corrected chi connectivity index (χ0v) is 6.44. The summed E-state index contributed by atoms with van der Waals surface area (Å²) in [7, 11) is 3.36. The number of aromatic nitrogens is 3. The number of nitrogens with two attached hydrogens (primary N) is 1. The Bertz CT molecular complexity index is 262. The summed E-state index contributed by atoms with van der Waals surface area (Å²) in [5.41, 5.74) is 3.05. The number of nitrogens with one attached hydrogen (secondary N) is 1. The van der Waals surface area contributed by atoms with Gasteiger partial charge in [-0.05, 0) is 0 Å². The molecule has 0 unspecified atom stereocenters. The van der Waals surface area contributed by atoms with Gasteiger partial charge in [0.25, 0.3) is 0 Å². The van der Waals surface area contributed by atoms with Crippen LogP contribution >= 0.6 is 0 Å². The van der Waals surface area contributed by atoms with E-state index in [2.05, 4.69) is 20.6 Å². The summed E-state index contributed by atoms with van der Waals surface area (Å²) in [6, 6.07) is 0. The van der Waals surface area contributed by atoms with Gasteiger partial charge in [-0.2, -0.15) is 15.0 Å². The van der Waals surface area contributed by atoms with Crippen LogP contribution in [0, 0.1) is 0 Å². The predicted molar refractivity (Wildman–Crippen MR) is 40.8 cm³/mol. The number of hydrogen-bond acceptors (Lipinski definition) is 4. The first-order valence-corrected chi connectivity index (χ1v) is 3.08.